The van der Waals surface area contributed by atoms with E-state index in [1.807, 2.05) is 31.2 Å². The van der Waals surface area contributed by atoms with Crippen molar-refractivity contribution in [2.24, 2.45) is 0 Å². The number of rotatable bonds is 7. The van der Waals surface area contributed by atoms with Gasteiger partial charge in [0.2, 0.25) is 5.91 Å². The normalized spacial score (nSPS) is 11.6. The van der Waals surface area contributed by atoms with Crippen molar-refractivity contribution in [1.29, 1.82) is 0 Å². The summed E-state index contributed by atoms with van der Waals surface area (Å²) >= 11 is 0. The molecule has 164 valence electrons. The van der Waals surface area contributed by atoms with Crippen molar-refractivity contribution in [1.82, 2.24) is 4.57 Å². The van der Waals surface area contributed by atoms with Crippen LogP contribution < -0.4 is 5.32 Å². The summed E-state index contributed by atoms with van der Waals surface area (Å²) in [4.78, 5) is 12.9. The quantitative estimate of drug-likeness (QED) is 0.433. The summed E-state index contributed by atoms with van der Waals surface area (Å²) in [5.74, 6) is -1.06. The molecule has 1 amide bonds. The number of aryl methyl sites for hydroxylation is 1. The van der Waals surface area contributed by atoms with E-state index in [-0.39, 0.29) is 23.1 Å². The maximum absolute atomic E-state index is 13.5. The number of amides is 1. The fourth-order valence-electron chi connectivity index (χ4n) is 3.81. The molecule has 4 rings (SSSR count). The number of nitrogens with zero attached hydrogens (tertiary/aromatic N) is 1. The monoisotopic (exact) mass is 450 g/mol. The van der Waals surface area contributed by atoms with Crippen molar-refractivity contribution in [2.75, 3.05) is 5.32 Å². The minimum atomic E-state index is -3.76. The highest BCUT2D eigenvalue weighted by molar-refractivity contribution is 7.90. The van der Waals surface area contributed by atoms with Crippen molar-refractivity contribution < 1.29 is 17.6 Å². The van der Waals surface area contributed by atoms with Gasteiger partial charge >= 0.3 is 0 Å². The first-order chi connectivity index (χ1) is 15.4. The van der Waals surface area contributed by atoms with Gasteiger partial charge in [-0.2, -0.15) is 0 Å². The standard InChI is InChI=1S/C25H23FN2O3S/c1-2-19-9-3-5-12-22(19)27-25(29)16-28-15-24(21-11-4-6-13-23(21)28)32(30,31)17-18-8-7-10-20(26)14-18/h3-15H,2,16-17H2,1H3,(H,27,29). The smallest absolute Gasteiger partial charge is 0.244 e. The molecule has 3 aromatic carbocycles. The highest BCUT2D eigenvalue weighted by Gasteiger charge is 2.22. The van der Waals surface area contributed by atoms with E-state index in [0.29, 0.717) is 16.5 Å². The van der Waals surface area contributed by atoms with Gasteiger partial charge in [0, 0.05) is 22.8 Å². The molecule has 7 heteroatoms. The third kappa shape index (κ3) is 4.57. The Morgan fingerprint density at radius 3 is 2.53 bits per heavy atom. The van der Waals surface area contributed by atoms with E-state index in [1.165, 1.54) is 24.4 Å². The lowest BCUT2D eigenvalue weighted by molar-refractivity contribution is -0.116. The molecular weight excluding hydrogens is 427 g/mol. The summed E-state index contributed by atoms with van der Waals surface area (Å²) in [6.45, 7) is 1.98. The third-order valence-corrected chi connectivity index (χ3v) is 7.03. The molecule has 4 aromatic rings. The number of fused-ring (bicyclic) bond motifs is 1. The zero-order chi connectivity index (χ0) is 22.7. The minimum Gasteiger partial charge on any atom is -0.337 e. The van der Waals surface area contributed by atoms with Crippen molar-refractivity contribution >= 4 is 32.3 Å². The Morgan fingerprint density at radius 1 is 1.00 bits per heavy atom. The van der Waals surface area contributed by atoms with E-state index in [4.69, 9.17) is 0 Å². The van der Waals surface area contributed by atoms with Gasteiger partial charge in [-0.1, -0.05) is 55.5 Å². The van der Waals surface area contributed by atoms with Crippen LogP contribution in [0.5, 0.6) is 0 Å². The predicted molar refractivity (Wildman–Crippen MR) is 124 cm³/mol. The Morgan fingerprint density at radius 2 is 1.75 bits per heavy atom. The summed E-state index contributed by atoms with van der Waals surface area (Å²) in [7, 11) is -3.76. The second kappa shape index (κ2) is 8.96. The fraction of sp³-hybridized carbons (Fsp3) is 0.160. The molecule has 0 aliphatic heterocycles. The Hall–Kier alpha value is -3.45. The third-order valence-electron chi connectivity index (χ3n) is 5.32. The average Bonchev–Trinajstić information content (AvgIpc) is 3.13. The van der Waals surface area contributed by atoms with Gasteiger partial charge in [-0.15, -0.1) is 0 Å². The highest BCUT2D eigenvalue weighted by Crippen LogP contribution is 2.28. The van der Waals surface area contributed by atoms with Crippen LogP contribution in [0.15, 0.2) is 83.9 Å². The van der Waals surface area contributed by atoms with Crippen LogP contribution in [0.25, 0.3) is 10.9 Å². The number of para-hydroxylation sites is 2. The lowest BCUT2D eigenvalue weighted by atomic mass is 10.1. The van der Waals surface area contributed by atoms with Gasteiger partial charge in [0.1, 0.15) is 12.4 Å². The van der Waals surface area contributed by atoms with Crippen molar-refractivity contribution in [3.05, 3.63) is 95.9 Å². The molecule has 0 fully saturated rings. The predicted octanol–water partition coefficient (Wildman–Crippen LogP) is 4.96. The number of hydrogen-bond donors (Lipinski definition) is 1. The van der Waals surface area contributed by atoms with E-state index in [1.54, 1.807) is 34.9 Å². The SMILES string of the molecule is CCc1ccccc1NC(=O)Cn1cc(S(=O)(=O)Cc2cccc(F)c2)c2ccccc21. The largest absolute Gasteiger partial charge is 0.337 e. The Labute approximate surface area is 186 Å². The first-order valence-corrected chi connectivity index (χ1v) is 12.0. The molecule has 1 aromatic heterocycles. The topological polar surface area (TPSA) is 68.2 Å². The van der Waals surface area contributed by atoms with Crippen molar-refractivity contribution in [3.8, 4) is 0 Å². The van der Waals surface area contributed by atoms with Crippen molar-refractivity contribution in [2.45, 2.75) is 30.5 Å². The van der Waals surface area contributed by atoms with Crippen LogP contribution in [0.3, 0.4) is 0 Å². The Balaban J connectivity index is 1.65. The zero-order valence-corrected chi connectivity index (χ0v) is 18.4. The molecule has 0 spiro atoms. The fourth-order valence-corrected chi connectivity index (χ4v) is 5.38. The maximum atomic E-state index is 13.5. The zero-order valence-electron chi connectivity index (χ0n) is 17.6. The van der Waals surface area contributed by atoms with Crippen LogP contribution in [-0.2, 0) is 33.4 Å². The van der Waals surface area contributed by atoms with Gasteiger partial charge in [0.05, 0.1) is 10.6 Å². The molecule has 0 aliphatic carbocycles. The first kappa shape index (κ1) is 21.8. The number of sulfone groups is 1. The van der Waals surface area contributed by atoms with E-state index in [2.05, 4.69) is 5.32 Å². The molecule has 1 heterocycles. The highest BCUT2D eigenvalue weighted by atomic mass is 32.2. The van der Waals surface area contributed by atoms with Gasteiger partial charge in [-0.25, -0.2) is 12.8 Å². The number of anilines is 1. The van der Waals surface area contributed by atoms with Crippen LogP contribution in [0.2, 0.25) is 0 Å². The van der Waals surface area contributed by atoms with Gasteiger partial charge in [0.25, 0.3) is 0 Å². The number of hydrogen-bond acceptors (Lipinski definition) is 3. The summed E-state index contributed by atoms with van der Waals surface area (Å²) in [5, 5.41) is 3.45. The van der Waals surface area contributed by atoms with Crippen LogP contribution in [0.1, 0.15) is 18.1 Å². The first-order valence-electron chi connectivity index (χ1n) is 10.3. The van der Waals surface area contributed by atoms with Crippen LogP contribution in [0.4, 0.5) is 10.1 Å². The van der Waals surface area contributed by atoms with Gasteiger partial charge in [-0.05, 0) is 41.8 Å². The second-order valence-electron chi connectivity index (χ2n) is 7.59. The molecule has 0 saturated carbocycles. The summed E-state index contributed by atoms with van der Waals surface area (Å²) in [6, 6.07) is 20.2. The lowest BCUT2D eigenvalue weighted by Crippen LogP contribution is -2.19. The van der Waals surface area contributed by atoms with E-state index >= 15 is 0 Å². The number of benzene rings is 3. The average molecular weight is 451 g/mol. The van der Waals surface area contributed by atoms with Crippen LogP contribution in [-0.4, -0.2) is 18.9 Å². The lowest BCUT2D eigenvalue weighted by Gasteiger charge is -2.10. The summed E-state index contributed by atoms with van der Waals surface area (Å²) < 4.78 is 41.5. The number of carbonyl (C=O) groups excluding carboxylic acids is 1. The maximum Gasteiger partial charge on any atom is 0.244 e. The van der Waals surface area contributed by atoms with Gasteiger partial charge in [0.15, 0.2) is 9.84 Å². The van der Waals surface area contributed by atoms with Gasteiger partial charge < -0.3 is 9.88 Å². The summed E-state index contributed by atoms with van der Waals surface area (Å²) in [5.41, 5.74) is 2.78. The van der Waals surface area contributed by atoms with Crippen LogP contribution in [0, 0.1) is 5.82 Å². The van der Waals surface area contributed by atoms with E-state index < -0.39 is 15.7 Å². The van der Waals surface area contributed by atoms with Crippen LogP contribution >= 0.6 is 0 Å². The molecule has 0 saturated heterocycles. The Kier molecular flexibility index (Phi) is 6.10. The number of halogens is 1. The summed E-state index contributed by atoms with van der Waals surface area (Å²) in [6.07, 6.45) is 2.27. The molecular formula is C25H23FN2O3S. The van der Waals surface area contributed by atoms with E-state index in [0.717, 1.165) is 17.7 Å². The molecule has 0 unspecified atom stereocenters. The molecule has 5 nitrogen and oxygen atoms in total. The molecule has 32 heavy (non-hydrogen) atoms. The second-order valence-corrected chi connectivity index (χ2v) is 9.54. The molecule has 1 N–H and O–H groups in total. The van der Waals surface area contributed by atoms with Crippen molar-refractivity contribution in [3.63, 3.8) is 0 Å². The number of nitrogens with one attached hydrogen (secondary N) is 1. The minimum absolute atomic E-state index is 0.0337. The Bertz CT molecular complexity index is 1390. The number of carbonyl (C=O) groups is 1. The number of aromatic nitrogens is 1. The molecule has 0 aliphatic rings. The van der Waals surface area contributed by atoms with Gasteiger partial charge in [-0.3, -0.25) is 4.79 Å². The molecule has 0 bridgehead atoms. The molecule has 0 radical (unpaired) electrons. The van der Waals surface area contributed by atoms with E-state index in [9.17, 15) is 17.6 Å². The molecule has 0 atom stereocenters.